The monoisotopic (exact) mass is 362 g/mol. The number of methoxy groups -OCH3 is 1. The minimum Gasteiger partial charge on any atom is -0.497 e. The summed E-state index contributed by atoms with van der Waals surface area (Å²) >= 11 is 0. The summed E-state index contributed by atoms with van der Waals surface area (Å²) in [5.41, 5.74) is 3.50. The Morgan fingerprint density at radius 3 is 2.81 bits per heavy atom. The van der Waals surface area contributed by atoms with Gasteiger partial charge < -0.3 is 15.0 Å². The summed E-state index contributed by atoms with van der Waals surface area (Å²) in [5.74, 6) is 3.07. The molecule has 1 aliphatic rings. The van der Waals surface area contributed by atoms with Gasteiger partial charge in [-0.1, -0.05) is 18.2 Å². The van der Waals surface area contributed by atoms with E-state index in [0.29, 0.717) is 12.4 Å². The normalized spacial score (nSPS) is 13.6. The molecule has 0 atom stereocenters. The Kier molecular flexibility index (Phi) is 4.74. The molecular formula is C20H22N6O. The van der Waals surface area contributed by atoms with E-state index in [-0.39, 0.29) is 0 Å². The van der Waals surface area contributed by atoms with Gasteiger partial charge in [-0.05, 0) is 42.3 Å². The zero-order valence-electron chi connectivity index (χ0n) is 15.4. The predicted molar refractivity (Wildman–Crippen MR) is 106 cm³/mol. The molecule has 27 heavy (non-hydrogen) atoms. The summed E-state index contributed by atoms with van der Waals surface area (Å²) in [6, 6.07) is 16.1. The fourth-order valence-corrected chi connectivity index (χ4v) is 3.26. The van der Waals surface area contributed by atoms with Crippen molar-refractivity contribution >= 4 is 11.6 Å². The van der Waals surface area contributed by atoms with Gasteiger partial charge in [0, 0.05) is 24.8 Å². The molecule has 0 saturated heterocycles. The molecule has 0 fully saturated rings. The lowest BCUT2D eigenvalue weighted by Gasteiger charge is -2.21. The highest BCUT2D eigenvalue weighted by atomic mass is 16.5. The van der Waals surface area contributed by atoms with Crippen LogP contribution in [0.4, 0.5) is 5.69 Å². The Hall–Kier alpha value is -3.35. The maximum absolute atomic E-state index is 5.18. The van der Waals surface area contributed by atoms with Crippen molar-refractivity contribution in [3.05, 3.63) is 59.9 Å². The Labute approximate surface area is 158 Å². The van der Waals surface area contributed by atoms with Crippen molar-refractivity contribution in [2.45, 2.75) is 13.0 Å². The van der Waals surface area contributed by atoms with Crippen LogP contribution < -0.4 is 15.0 Å². The van der Waals surface area contributed by atoms with Crippen LogP contribution in [0.15, 0.2) is 53.5 Å². The number of rotatable bonds is 4. The highest BCUT2D eigenvalue weighted by molar-refractivity contribution is 5.97. The molecule has 0 saturated carbocycles. The number of benzene rings is 2. The maximum atomic E-state index is 5.18. The number of fused-ring (bicyclic) bond motifs is 1. The lowest BCUT2D eigenvalue weighted by atomic mass is 10.2. The Morgan fingerprint density at radius 2 is 2.04 bits per heavy atom. The van der Waals surface area contributed by atoms with Gasteiger partial charge in [0.25, 0.3) is 0 Å². The summed E-state index contributed by atoms with van der Waals surface area (Å²) in [5, 5.41) is 10.7. The molecule has 1 aromatic heterocycles. The van der Waals surface area contributed by atoms with Crippen LogP contribution >= 0.6 is 0 Å². The zero-order chi connectivity index (χ0) is 18.6. The fraction of sp³-hybridized carbons (Fsp3) is 0.250. The molecule has 0 amide bonds. The van der Waals surface area contributed by atoms with Gasteiger partial charge in [-0.2, -0.15) is 5.10 Å². The molecule has 138 valence electrons. The number of H-pyrrole nitrogens is 1. The van der Waals surface area contributed by atoms with Crippen LogP contribution in [-0.4, -0.2) is 41.8 Å². The van der Waals surface area contributed by atoms with Gasteiger partial charge in [0.1, 0.15) is 11.6 Å². The van der Waals surface area contributed by atoms with E-state index in [1.807, 2.05) is 24.3 Å². The summed E-state index contributed by atoms with van der Waals surface area (Å²) in [4.78, 5) is 11.2. The van der Waals surface area contributed by atoms with Gasteiger partial charge in [-0.25, -0.2) is 4.98 Å². The number of aliphatic imine (C=N–C) groups is 1. The van der Waals surface area contributed by atoms with Crippen molar-refractivity contribution in [2.24, 2.45) is 4.99 Å². The number of ether oxygens (including phenoxy) is 1. The maximum Gasteiger partial charge on any atom is 0.198 e. The second-order valence-corrected chi connectivity index (χ2v) is 6.27. The predicted octanol–water partition coefficient (Wildman–Crippen LogP) is 2.62. The second-order valence-electron chi connectivity index (χ2n) is 6.27. The highest BCUT2D eigenvalue weighted by Gasteiger charge is 2.22. The molecule has 4 rings (SSSR count). The molecule has 0 radical (unpaired) electrons. The van der Waals surface area contributed by atoms with Crippen molar-refractivity contribution < 1.29 is 4.74 Å². The minimum atomic E-state index is 0.522. The minimum absolute atomic E-state index is 0.522. The number of guanidine groups is 1. The molecule has 1 aliphatic heterocycles. The molecule has 7 heteroatoms. The Bertz CT molecular complexity index is 947. The van der Waals surface area contributed by atoms with Gasteiger partial charge in [0.15, 0.2) is 11.8 Å². The summed E-state index contributed by atoms with van der Waals surface area (Å²) in [7, 11) is 3.45. The number of anilines is 1. The molecule has 0 unspecified atom stereocenters. The third-order valence-corrected chi connectivity index (χ3v) is 4.65. The van der Waals surface area contributed by atoms with Crippen molar-refractivity contribution in [3.8, 4) is 17.1 Å². The highest BCUT2D eigenvalue weighted by Crippen LogP contribution is 2.27. The molecule has 2 N–H and O–H groups in total. The number of aromatic nitrogens is 3. The number of nitrogens with one attached hydrogen (secondary N) is 2. The van der Waals surface area contributed by atoms with Gasteiger partial charge >= 0.3 is 0 Å². The molecule has 7 nitrogen and oxygen atoms in total. The summed E-state index contributed by atoms with van der Waals surface area (Å²) < 4.78 is 5.18. The molecular weight excluding hydrogens is 340 g/mol. The van der Waals surface area contributed by atoms with E-state index >= 15 is 0 Å². The van der Waals surface area contributed by atoms with Gasteiger partial charge in [-0.3, -0.25) is 10.1 Å². The van der Waals surface area contributed by atoms with E-state index in [1.165, 1.54) is 11.3 Å². The van der Waals surface area contributed by atoms with E-state index in [9.17, 15) is 0 Å². The smallest absolute Gasteiger partial charge is 0.198 e. The lowest BCUT2D eigenvalue weighted by Crippen LogP contribution is -2.40. The standard InChI is InChI=1S/C20H22N6O/c1-21-20(26-12-11-14-5-3-4-6-17(14)26)22-13-18-23-19(25-24-18)15-7-9-16(27-2)10-8-15/h3-10H,11-13H2,1-2H3,(H,21,22)(H,23,24,25). The molecule has 3 aromatic rings. The first-order valence-electron chi connectivity index (χ1n) is 8.90. The van der Waals surface area contributed by atoms with Crippen LogP contribution in [0.1, 0.15) is 11.4 Å². The van der Waals surface area contributed by atoms with Crippen LogP contribution in [0.5, 0.6) is 5.75 Å². The van der Waals surface area contributed by atoms with E-state index < -0.39 is 0 Å². The van der Waals surface area contributed by atoms with E-state index in [1.54, 1.807) is 14.2 Å². The number of aromatic amines is 1. The molecule has 0 spiro atoms. The summed E-state index contributed by atoms with van der Waals surface area (Å²) in [6.45, 7) is 1.45. The molecule has 2 aromatic carbocycles. The SMILES string of the molecule is CN=C(NCc1nc(-c2ccc(OC)cc2)n[nH]1)N1CCc2ccccc21. The first-order chi connectivity index (χ1) is 13.3. The third-order valence-electron chi connectivity index (χ3n) is 4.65. The van der Waals surface area contributed by atoms with Gasteiger partial charge in [0.05, 0.1) is 13.7 Å². The number of hydrogen-bond donors (Lipinski definition) is 2. The van der Waals surface area contributed by atoms with Crippen molar-refractivity contribution in [2.75, 3.05) is 25.6 Å². The second kappa shape index (κ2) is 7.49. The van der Waals surface area contributed by atoms with E-state index in [2.05, 4.69) is 54.7 Å². The number of para-hydroxylation sites is 1. The van der Waals surface area contributed by atoms with Gasteiger partial charge in [0.2, 0.25) is 0 Å². The number of nitrogens with zero attached hydrogens (tertiary/aromatic N) is 4. The fourth-order valence-electron chi connectivity index (χ4n) is 3.26. The van der Waals surface area contributed by atoms with E-state index in [0.717, 1.165) is 36.1 Å². The largest absolute Gasteiger partial charge is 0.497 e. The first-order valence-corrected chi connectivity index (χ1v) is 8.90. The van der Waals surface area contributed by atoms with Crippen LogP contribution in [0.2, 0.25) is 0 Å². The lowest BCUT2D eigenvalue weighted by molar-refractivity contribution is 0.415. The van der Waals surface area contributed by atoms with Crippen molar-refractivity contribution in [1.29, 1.82) is 0 Å². The van der Waals surface area contributed by atoms with Crippen LogP contribution in [0.25, 0.3) is 11.4 Å². The topological polar surface area (TPSA) is 78.4 Å². The van der Waals surface area contributed by atoms with Crippen LogP contribution in [-0.2, 0) is 13.0 Å². The quantitative estimate of drug-likeness (QED) is 0.551. The van der Waals surface area contributed by atoms with Crippen LogP contribution in [0, 0.1) is 0 Å². The third kappa shape index (κ3) is 3.48. The first kappa shape index (κ1) is 17.1. The van der Waals surface area contributed by atoms with E-state index in [4.69, 9.17) is 4.74 Å². The Balaban J connectivity index is 1.43. The zero-order valence-corrected chi connectivity index (χ0v) is 15.4. The molecule has 0 aliphatic carbocycles. The van der Waals surface area contributed by atoms with Crippen molar-refractivity contribution in [1.82, 2.24) is 20.5 Å². The van der Waals surface area contributed by atoms with Crippen LogP contribution in [0.3, 0.4) is 0 Å². The average Bonchev–Trinajstić information content (AvgIpc) is 3.36. The van der Waals surface area contributed by atoms with Crippen molar-refractivity contribution in [3.63, 3.8) is 0 Å². The Morgan fingerprint density at radius 1 is 1.22 bits per heavy atom. The number of hydrogen-bond acceptors (Lipinski definition) is 4. The summed E-state index contributed by atoms with van der Waals surface area (Å²) in [6.07, 6.45) is 1.03. The van der Waals surface area contributed by atoms with Gasteiger partial charge in [-0.15, -0.1) is 0 Å². The molecule has 0 bridgehead atoms. The average molecular weight is 362 g/mol. The molecule has 2 heterocycles.